The quantitative estimate of drug-likeness (QED) is 0.543. The van der Waals surface area contributed by atoms with E-state index in [9.17, 15) is 9.59 Å². The number of hydrogen-bond donors (Lipinski definition) is 0. The molecule has 2 bridgehead atoms. The minimum atomic E-state index is -0.0784. The van der Waals surface area contributed by atoms with Gasteiger partial charge in [-0.05, 0) is 48.2 Å². The van der Waals surface area contributed by atoms with Crippen LogP contribution in [0.25, 0.3) is 0 Å². The summed E-state index contributed by atoms with van der Waals surface area (Å²) in [6.07, 6.45) is 10.7. The van der Waals surface area contributed by atoms with Crippen LogP contribution in [0.15, 0.2) is 37.5 Å². The van der Waals surface area contributed by atoms with Crippen molar-refractivity contribution >= 4 is 11.6 Å². The van der Waals surface area contributed by atoms with Crippen LogP contribution in [-0.2, 0) is 9.59 Å². The van der Waals surface area contributed by atoms with E-state index < -0.39 is 0 Å². The first-order valence-corrected chi connectivity index (χ1v) is 7.38. The van der Waals surface area contributed by atoms with E-state index in [0.29, 0.717) is 6.42 Å². The van der Waals surface area contributed by atoms with E-state index in [2.05, 4.69) is 39.2 Å². The molecule has 4 unspecified atom stereocenters. The van der Waals surface area contributed by atoms with Gasteiger partial charge in [0.05, 0.1) is 0 Å². The molecule has 0 saturated heterocycles. The average Bonchev–Trinajstić information content (AvgIpc) is 2.45. The SMILES string of the molecule is C=CC(=O)CCC1C(C(=O)C=C)C2(C)C=CC1(C)CC2. The van der Waals surface area contributed by atoms with Crippen LogP contribution in [0.3, 0.4) is 0 Å². The summed E-state index contributed by atoms with van der Waals surface area (Å²) in [5.41, 5.74) is -0.0481. The van der Waals surface area contributed by atoms with Crippen LogP contribution >= 0.6 is 0 Å². The van der Waals surface area contributed by atoms with E-state index in [0.717, 1.165) is 19.3 Å². The van der Waals surface area contributed by atoms with Crippen molar-refractivity contribution in [3.8, 4) is 0 Å². The highest BCUT2D eigenvalue weighted by Crippen LogP contribution is 2.60. The van der Waals surface area contributed by atoms with E-state index in [4.69, 9.17) is 0 Å². The maximum Gasteiger partial charge on any atom is 0.159 e. The van der Waals surface area contributed by atoms with Crippen molar-refractivity contribution in [3.63, 3.8) is 0 Å². The lowest BCUT2D eigenvalue weighted by Gasteiger charge is -2.56. The molecule has 0 amide bonds. The largest absolute Gasteiger partial charge is 0.295 e. The van der Waals surface area contributed by atoms with Gasteiger partial charge < -0.3 is 0 Å². The highest BCUT2D eigenvalue weighted by atomic mass is 16.1. The molecule has 0 radical (unpaired) electrons. The molecule has 2 heteroatoms. The molecule has 0 aromatic rings. The van der Waals surface area contributed by atoms with Crippen molar-refractivity contribution in [2.75, 3.05) is 0 Å². The summed E-state index contributed by atoms with van der Waals surface area (Å²) < 4.78 is 0. The third kappa shape index (κ3) is 2.32. The molecule has 0 heterocycles. The molecule has 20 heavy (non-hydrogen) atoms. The first kappa shape index (κ1) is 15.0. The number of carbonyl (C=O) groups excluding carboxylic acids is 2. The van der Waals surface area contributed by atoms with E-state index in [1.54, 1.807) is 0 Å². The van der Waals surface area contributed by atoms with E-state index in [1.165, 1.54) is 12.2 Å². The fourth-order valence-corrected chi connectivity index (χ4v) is 4.04. The molecule has 3 aliphatic rings. The Bertz CT molecular complexity index is 488. The Kier molecular flexibility index (Phi) is 3.86. The van der Waals surface area contributed by atoms with Gasteiger partial charge in [0.15, 0.2) is 11.6 Å². The fraction of sp³-hybridized carbons (Fsp3) is 0.556. The van der Waals surface area contributed by atoms with Gasteiger partial charge >= 0.3 is 0 Å². The molecule has 0 aromatic heterocycles. The average molecular weight is 272 g/mol. The minimum absolute atomic E-state index is 0.0303. The number of allylic oxidation sites excluding steroid dienone is 4. The normalized spacial score (nSPS) is 38.5. The van der Waals surface area contributed by atoms with Crippen LogP contribution in [0.5, 0.6) is 0 Å². The Balaban J connectivity index is 2.32. The highest BCUT2D eigenvalue weighted by Gasteiger charge is 2.54. The molecule has 0 aromatic carbocycles. The van der Waals surface area contributed by atoms with Gasteiger partial charge in [-0.3, -0.25) is 9.59 Å². The maximum absolute atomic E-state index is 12.4. The van der Waals surface area contributed by atoms with Crippen LogP contribution in [0.1, 0.15) is 39.5 Å². The Morgan fingerprint density at radius 3 is 2.25 bits per heavy atom. The van der Waals surface area contributed by atoms with Crippen molar-refractivity contribution in [3.05, 3.63) is 37.5 Å². The Morgan fingerprint density at radius 2 is 1.75 bits per heavy atom. The topological polar surface area (TPSA) is 34.1 Å². The first-order chi connectivity index (χ1) is 9.36. The van der Waals surface area contributed by atoms with Crippen LogP contribution in [0, 0.1) is 22.7 Å². The smallest absolute Gasteiger partial charge is 0.159 e. The molecular weight excluding hydrogens is 248 g/mol. The van der Waals surface area contributed by atoms with Gasteiger partial charge in [-0.2, -0.15) is 0 Å². The monoisotopic (exact) mass is 272 g/mol. The summed E-state index contributed by atoms with van der Waals surface area (Å²) in [6.45, 7) is 11.6. The molecule has 3 aliphatic carbocycles. The third-order valence-electron chi connectivity index (χ3n) is 5.44. The first-order valence-electron chi connectivity index (χ1n) is 7.38. The Hall–Kier alpha value is -1.44. The maximum atomic E-state index is 12.4. The number of hydrogen-bond acceptors (Lipinski definition) is 2. The molecule has 4 atom stereocenters. The van der Waals surface area contributed by atoms with Gasteiger partial charge in [-0.15, -0.1) is 0 Å². The summed E-state index contributed by atoms with van der Waals surface area (Å²) in [5.74, 6) is 0.370. The van der Waals surface area contributed by atoms with Crippen molar-refractivity contribution in [2.24, 2.45) is 22.7 Å². The lowest BCUT2D eigenvalue weighted by molar-refractivity contribution is -0.131. The second kappa shape index (κ2) is 5.16. The Morgan fingerprint density at radius 1 is 1.15 bits per heavy atom. The zero-order valence-electron chi connectivity index (χ0n) is 12.5. The summed E-state index contributed by atoms with van der Waals surface area (Å²) in [5, 5.41) is 0. The zero-order chi connectivity index (χ0) is 15.0. The minimum Gasteiger partial charge on any atom is -0.295 e. The molecule has 1 fully saturated rings. The summed E-state index contributed by atoms with van der Waals surface area (Å²) in [7, 11) is 0. The molecular formula is C18H24O2. The summed E-state index contributed by atoms with van der Waals surface area (Å²) in [4.78, 5) is 23.9. The third-order valence-corrected chi connectivity index (χ3v) is 5.44. The summed E-state index contributed by atoms with van der Waals surface area (Å²) in [6, 6.07) is 0. The molecule has 1 saturated carbocycles. The highest BCUT2D eigenvalue weighted by molar-refractivity contribution is 5.93. The second-order valence-electron chi connectivity index (χ2n) is 6.74. The van der Waals surface area contributed by atoms with E-state index in [1.807, 2.05) is 0 Å². The molecule has 108 valence electrons. The van der Waals surface area contributed by atoms with Gasteiger partial charge in [0.1, 0.15) is 0 Å². The second-order valence-corrected chi connectivity index (χ2v) is 6.74. The zero-order valence-corrected chi connectivity index (χ0v) is 12.5. The number of rotatable bonds is 6. The van der Waals surface area contributed by atoms with Crippen LogP contribution < -0.4 is 0 Å². The number of fused-ring (bicyclic) bond motifs is 2. The lowest BCUT2D eigenvalue weighted by Crippen LogP contribution is -2.51. The molecule has 0 N–H and O–H groups in total. The predicted octanol–water partition coefficient (Wildman–Crippen LogP) is 3.89. The van der Waals surface area contributed by atoms with Gasteiger partial charge in [-0.25, -0.2) is 0 Å². The van der Waals surface area contributed by atoms with Gasteiger partial charge in [-0.1, -0.05) is 39.2 Å². The van der Waals surface area contributed by atoms with Crippen LogP contribution in [0.4, 0.5) is 0 Å². The van der Waals surface area contributed by atoms with Gasteiger partial charge in [0.25, 0.3) is 0 Å². The Labute approximate surface area is 121 Å². The molecule has 0 spiro atoms. The lowest BCUT2D eigenvalue weighted by atomic mass is 9.47. The molecule has 2 nitrogen and oxygen atoms in total. The van der Waals surface area contributed by atoms with Crippen LogP contribution in [-0.4, -0.2) is 11.6 Å². The fourth-order valence-electron chi connectivity index (χ4n) is 4.04. The van der Waals surface area contributed by atoms with Crippen molar-refractivity contribution in [2.45, 2.75) is 39.5 Å². The predicted molar refractivity (Wildman–Crippen MR) is 81.2 cm³/mol. The van der Waals surface area contributed by atoms with Crippen molar-refractivity contribution < 1.29 is 9.59 Å². The van der Waals surface area contributed by atoms with Crippen molar-refractivity contribution in [1.82, 2.24) is 0 Å². The van der Waals surface area contributed by atoms with Gasteiger partial charge in [0, 0.05) is 12.3 Å². The number of ketones is 2. The molecule has 3 rings (SSSR count). The van der Waals surface area contributed by atoms with E-state index >= 15 is 0 Å². The van der Waals surface area contributed by atoms with Gasteiger partial charge in [0.2, 0.25) is 0 Å². The number of carbonyl (C=O) groups is 2. The van der Waals surface area contributed by atoms with Crippen LogP contribution in [0.2, 0.25) is 0 Å². The summed E-state index contributed by atoms with van der Waals surface area (Å²) >= 11 is 0. The molecule has 0 aliphatic heterocycles. The van der Waals surface area contributed by atoms with E-state index in [-0.39, 0.29) is 34.2 Å². The van der Waals surface area contributed by atoms with Crippen molar-refractivity contribution in [1.29, 1.82) is 0 Å². The standard InChI is InChI=1S/C18H24O2/c1-5-13(19)7-8-14-16(15(20)6-2)18(4)11-9-17(14,3)10-12-18/h5-6,9,11,14,16H,1-2,7-8,10,12H2,3-4H3.